The number of pyridine rings is 1. The summed E-state index contributed by atoms with van der Waals surface area (Å²) in [5, 5.41) is 4.11. The van der Waals surface area contributed by atoms with Gasteiger partial charge in [-0.3, -0.25) is 0 Å². The Morgan fingerprint density at radius 2 is 1.82 bits per heavy atom. The van der Waals surface area contributed by atoms with Gasteiger partial charge in [0.05, 0.1) is 0 Å². The predicted octanol–water partition coefficient (Wildman–Crippen LogP) is 2.29. The molecule has 0 fully saturated rings. The monoisotopic (exact) mass is 224 g/mol. The molecule has 0 aliphatic heterocycles. The number of rotatable bonds is 1. The SMILES string of the molecule is Cc1ccccc1-c1cccn2nc(N)nc12. The number of benzene rings is 1. The molecule has 0 spiro atoms. The summed E-state index contributed by atoms with van der Waals surface area (Å²) in [6.07, 6.45) is 1.85. The number of hydrogen-bond donors (Lipinski definition) is 1. The van der Waals surface area contributed by atoms with Crippen molar-refractivity contribution < 1.29 is 0 Å². The minimum atomic E-state index is 0.297. The van der Waals surface area contributed by atoms with E-state index in [-0.39, 0.29) is 0 Å². The van der Waals surface area contributed by atoms with Crippen LogP contribution in [0.3, 0.4) is 0 Å². The number of hydrogen-bond acceptors (Lipinski definition) is 3. The molecule has 0 saturated heterocycles. The van der Waals surface area contributed by atoms with Gasteiger partial charge in [0.15, 0.2) is 5.65 Å². The van der Waals surface area contributed by atoms with Gasteiger partial charge in [-0.25, -0.2) is 4.52 Å². The van der Waals surface area contributed by atoms with Crippen LogP contribution in [-0.2, 0) is 0 Å². The third kappa shape index (κ3) is 1.54. The second-order valence-electron chi connectivity index (χ2n) is 3.97. The molecular weight excluding hydrogens is 212 g/mol. The number of aryl methyl sites for hydroxylation is 1. The van der Waals surface area contributed by atoms with Gasteiger partial charge in [0.1, 0.15) is 0 Å². The van der Waals surface area contributed by atoms with Crippen LogP contribution in [0.2, 0.25) is 0 Å². The standard InChI is InChI=1S/C13H12N4/c1-9-5-2-3-6-10(9)11-7-4-8-17-12(11)15-13(14)16-17/h2-8H,1H3,(H2,14,16). The molecule has 84 valence electrons. The average molecular weight is 224 g/mol. The van der Waals surface area contributed by atoms with Crippen molar-refractivity contribution in [3.8, 4) is 11.1 Å². The average Bonchev–Trinajstić information content (AvgIpc) is 2.70. The predicted molar refractivity (Wildman–Crippen MR) is 67.6 cm³/mol. The molecule has 0 amide bonds. The van der Waals surface area contributed by atoms with Crippen LogP contribution in [0, 0.1) is 6.92 Å². The van der Waals surface area contributed by atoms with Crippen molar-refractivity contribution in [1.82, 2.24) is 14.6 Å². The lowest BCUT2D eigenvalue weighted by molar-refractivity contribution is 0.969. The topological polar surface area (TPSA) is 56.2 Å². The molecule has 0 radical (unpaired) electrons. The molecule has 3 aromatic rings. The van der Waals surface area contributed by atoms with Gasteiger partial charge >= 0.3 is 0 Å². The fraction of sp³-hybridized carbons (Fsp3) is 0.0769. The molecule has 4 heteroatoms. The number of aromatic nitrogens is 3. The maximum atomic E-state index is 5.63. The van der Waals surface area contributed by atoms with Gasteiger partial charge in [0, 0.05) is 11.8 Å². The van der Waals surface area contributed by atoms with Crippen molar-refractivity contribution >= 4 is 11.6 Å². The van der Waals surface area contributed by atoms with Crippen LogP contribution in [0.25, 0.3) is 16.8 Å². The van der Waals surface area contributed by atoms with Gasteiger partial charge < -0.3 is 5.73 Å². The summed E-state index contributed by atoms with van der Waals surface area (Å²) in [6, 6.07) is 12.2. The Bertz CT molecular complexity index is 685. The Labute approximate surface area is 98.7 Å². The highest BCUT2D eigenvalue weighted by molar-refractivity contribution is 5.79. The van der Waals surface area contributed by atoms with Gasteiger partial charge in [-0.1, -0.05) is 24.3 Å². The molecule has 2 aromatic heterocycles. The summed E-state index contributed by atoms with van der Waals surface area (Å²) in [4.78, 5) is 4.26. The van der Waals surface area contributed by atoms with Crippen LogP contribution >= 0.6 is 0 Å². The minimum Gasteiger partial charge on any atom is -0.366 e. The summed E-state index contributed by atoms with van der Waals surface area (Å²) >= 11 is 0. The molecule has 0 aliphatic carbocycles. The van der Waals surface area contributed by atoms with E-state index in [2.05, 4.69) is 29.1 Å². The Balaban J connectivity index is 2.34. The molecule has 4 nitrogen and oxygen atoms in total. The zero-order valence-electron chi connectivity index (χ0n) is 9.46. The Morgan fingerprint density at radius 1 is 1.06 bits per heavy atom. The molecule has 2 N–H and O–H groups in total. The molecule has 0 atom stereocenters. The third-order valence-electron chi connectivity index (χ3n) is 2.81. The van der Waals surface area contributed by atoms with Crippen molar-refractivity contribution in [3.63, 3.8) is 0 Å². The molecule has 0 unspecified atom stereocenters. The second-order valence-corrected chi connectivity index (χ2v) is 3.97. The van der Waals surface area contributed by atoms with E-state index >= 15 is 0 Å². The lowest BCUT2D eigenvalue weighted by Crippen LogP contribution is -1.91. The van der Waals surface area contributed by atoms with E-state index in [0.29, 0.717) is 5.95 Å². The lowest BCUT2D eigenvalue weighted by atomic mass is 10.0. The molecule has 0 bridgehead atoms. The highest BCUT2D eigenvalue weighted by Crippen LogP contribution is 2.26. The van der Waals surface area contributed by atoms with E-state index in [1.54, 1.807) is 4.52 Å². The highest BCUT2D eigenvalue weighted by Gasteiger charge is 2.09. The first-order valence-corrected chi connectivity index (χ1v) is 5.42. The van der Waals surface area contributed by atoms with Gasteiger partial charge in [-0.2, -0.15) is 4.98 Å². The third-order valence-corrected chi connectivity index (χ3v) is 2.81. The zero-order valence-corrected chi connectivity index (χ0v) is 9.46. The smallest absolute Gasteiger partial charge is 0.240 e. The van der Waals surface area contributed by atoms with Crippen LogP contribution < -0.4 is 5.73 Å². The second kappa shape index (κ2) is 3.59. The summed E-state index contributed by atoms with van der Waals surface area (Å²) in [5.41, 5.74) is 9.84. The first-order valence-electron chi connectivity index (χ1n) is 5.42. The van der Waals surface area contributed by atoms with Crippen molar-refractivity contribution in [2.45, 2.75) is 6.92 Å². The summed E-state index contributed by atoms with van der Waals surface area (Å²) in [5.74, 6) is 0.297. The Hall–Kier alpha value is -2.36. The van der Waals surface area contributed by atoms with E-state index in [0.717, 1.165) is 16.8 Å². The van der Waals surface area contributed by atoms with Crippen molar-refractivity contribution in [2.24, 2.45) is 0 Å². The van der Waals surface area contributed by atoms with E-state index in [1.165, 1.54) is 5.56 Å². The number of nitrogen functional groups attached to an aromatic ring is 1. The largest absolute Gasteiger partial charge is 0.366 e. The maximum Gasteiger partial charge on any atom is 0.240 e. The molecule has 0 aliphatic rings. The molecule has 1 aromatic carbocycles. The van der Waals surface area contributed by atoms with Gasteiger partial charge in [-0.05, 0) is 30.2 Å². The van der Waals surface area contributed by atoms with Gasteiger partial charge in [0.25, 0.3) is 0 Å². The number of anilines is 1. The maximum absolute atomic E-state index is 5.63. The lowest BCUT2D eigenvalue weighted by Gasteiger charge is -2.06. The van der Waals surface area contributed by atoms with Crippen LogP contribution in [0.5, 0.6) is 0 Å². The van der Waals surface area contributed by atoms with Crippen LogP contribution in [0.4, 0.5) is 5.95 Å². The minimum absolute atomic E-state index is 0.297. The van der Waals surface area contributed by atoms with Crippen LogP contribution in [0.15, 0.2) is 42.6 Å². The van der Waals surface area contributed by atoms with E-state index < -0.39 is 0 Å². The molecule has 2 heterocycles. The number of nitrogens with zero attached hydrogens (tertiary/aromatic N) is 3. The van der Waals surface area contributed by atoms with Crippen molar-refractivity contribution in [3.05, 3.63) is 48.2 Å². The Kier molecular flexibility index (Phi) is 2.08. The van der Waals surface area contributed by atoms with Gasteiger partial charge in [0.2, 0.25) is 5.95 Å². The Morgan fingerprint density at radius 3 is 2.65 bits per heavy atom. The van der Waals surface area contributed by atoms with E-state index in [1.807, 2.05) is 30.5 Å². The fourth-order valence-corrected chi connectivity index (χ4v) is 2.01. The first kappa shape index (κ1) is 9.84. The van der Waals surface area contributed by atoms with Crippen molar-refractivity contribution in [1.29, 1.82) is 0 Å². The molecule has 17 heavy (non-hydrogen) atoms. The molecule has 0 saturated carbocycles. The van der Waals surface area contributed by atoms with Crippen LogP contribution in [0.1, 0.15) is 5.56 Å². The summed E-state index contributed by atoms with van der Waals surface area (Å²) in [6.45, 7) is 2.08. The first-order chi connectivity index (χ1) is 8.25. The van der Waals surface area contributed by atoms with Crippen LogP contribution in [-0.4, -0.2) is 14.6 Å². The van der Waals surface area contributed by atoms with E-state index in [9.17, 15) is 0 Å². The van der Waals surface area contributed by atoms with E-state index in [4.69, 9.17) is 5.73 Å². The molecule has 3 rings (SSSR count). The fourth-order valence-electron chi connectivity index (χ4n) is 2.01. The highest BCUT2D eigenvalue weighted by atomic mass is 15.3. The number of nitrogens with two attached hydrogens (primary N) is 1. The summed E-state index contributed by atoms with van der Waals surface area (Å²) < 4.78 is 1.71. The quantitative estimate of drug-likeness (QED) is 0.690. The summed E-state index contributed by atoms with van der Waals surface area (Å²) in [7, 11) is 0. The number of fused-ring (bicyclic) bond motifs is 1. The zero-order chi connectivity index (χ0) is 11.8. The van der Waals surface area contributed by atoms with Crippen molar-refractivity contribution in [2.75, 3.05) is 5.73 Å². The van der Waals surface area contributed by atoms with Gasteiger partial charge in [-0.15, -0.1) is 5.10 Å². The normalized spacial score (nSPS) is 10.9. The molecular formula is C13H12N4.